The van der Waals surface area contributed by atoms with E-state index >= 15 is 0 Å². The van der Waals surface area contributed by atoms with Crippen LogP contribution in [0.25, 0.3) is 0 Å². The van der Waals surface area contributed by atoms with E-state index in [0.717, 1.165) is 49.2 Å². The number of hydrogen-bond acceptors (Lipinski definition) is 7. The third kappa shape index (κ3) is 7.34. The minimum atomic E-state index is -0.391. The summed E-state index contributed by atoms with van der Waals surface area (Å²) in [6.07, 6.45) is 1.77. The second-order valence-corrected chi connectivity index (χ2v) is 7.87. The van der Waals surface area contributed by atoms with Crippen LogP contribution < -0.4 is 16.6 Å². The molecule has 0 aliphatic carbocycles. The van der Waals surface area contributed by atoms with E-state index in [-0.39, 0.29) is 16.9 Å². The zero-order valence-electron chi connectivity index (χ0n) is 18.7. The molecule has 31 heavy (non-hydrogen) atoms. The monoisotopic (exact) mass is 432 g/mol. The predicted octanol–water partition coefficient (Wildman–Crippen LogP) is 0.901. The number of nitrogens with one attached hydrogen (secondary N) is 1. The highest BCUT2D eigenvalue weighted by Crippen LogP contribution is 2.13. The smallest absolute Gasteiger partial charge is 0.332 e. The molecule has 2 rings (SSSR count). The summed E-state index contributed by atoms with van der Waals surface area (Å²) in [4.78, 5) is 38.8. The number of aromatic nitrogens is 2. The van der Waals surface area contributed by atoms with Crippen LogP contribution in [0.4, 0.5) is 11.5 Å². The van der Waals surface area contributed by atoms with Gasteiger partial charge in [0.2, 0.25) is 0 Å². The van der Waals surface area contributed by atoms with Crippen molar-refractivity contribution in [2.75, 3.05) is 52.1 Å². The molecule has 0 fully saturated rings. The van der Waals surface area contributed by atoms with Gasteiger partial charge in [0.1, 0.15) is 5.82 Å². The number of nitrogens with zero attached hydrogens (tertiary/aromatic N) is 5. The van der Waals surface area contributed by atoms with Crippen molar-refractivity contribution in [3.8, 4) is 0 Å². The fourth-order valence-corrected chi connectivity index (χ4v) is 3.21. The number of nitro benzene ring substituents is 1. The van der Waals surface area contributed by atoms with Crippen LogP contribution in [0.2, 0.25) is 0 Å². The van der Waals surface area contributed by atoms with E-state index in [1.165, 1.54) is 29.8 Å². The molecular formula is C21H32N6O4. The molecule has 0 saturated heterocycles. The van der Waals surface area contributed by atoms with Gasteiger partial charge in [0, 0.05) is 58.5 Å². The summed E-state index contributed by atoms with van der Waals surface area (Å²) >= 11 is 0. The van der Waals surface area contributed by atoms with E-state index in [1.54, 1.807) is 19.2 Å². The van der Waals surface area contributed by atoms with Crippen molar-refractivity contribution in [3.63, 3.8) is 0 Å². The Morgan fingerprint density at radius 2 is 1.68 bits per heavy atom. The van der Waals surface area contributed by atoms with E-state index in [0.29, 0.717) is 12.4 Å². The molecule has 0 saturated carbocycles. The number of non-ortho nitro benzene ring substituents is 1. The van der Waals surface area contributed by atoms with Crippen molar-refractivity contribution in [1.29, 1.82) is 0 Å². The van der Waals surface area contributed by atoms with Gasteiger partial charge in [-0.15, -0.1) is 0 Å². The molecule has 2 aromatic rings. The molecule has 1 heterocycles. The Bertz CT molecular complexity index is 981. The van der Waals surface area contributed by atoms with Gasteiger partial charge < -0.3 is 15.1 Å². The molecule has 0 unspecified atom stereocenters. The molecule has 0 spiro atoms. The van der Waals surface area contributed by atoms with E-state index in [4.69, 9.17) is 0 Å². The van der Waals surface area contributed by atoms with Gasteiger partial charge in [-0.05, 0) is 39.0 Å². The summed E-state index contributed by atoms with van der Waals surface area (Å²) in [6, 6.07) is 8.12. The number of benzene rings is 1. The SMILES string of the molecule is CN(C)CCN(CCCc1ccc([N+](=O)[O-])cc1)CCNc1cc(=O)n(C)c(=O)n1C. The third-order valence-corrected chi connectivity index (χ3v) is 5.21. The molecule has 0 aliphatic rings. The highest BCUT2D eigenvalue weighted by atomic mass is 16.6. The minimum Gasteiger partial charge on any atom is -0.370 e. The van der Waals surface area contributed by atoms with Gasteiger partial charge in [0.15, 0.2) is 0 Å². The standard InChI is InChI=1S/C21H32N6O4/c1-23(2)14-15-26(12-5-6-17-7-9-18(10-8-17)27(30)31)13-11-22-19-16-20(28)25(4)21(29)24(19)3/h7-10,16,22H,5-6,11-15H2,1-4H3. The van der Waals surface area contributed by atoms with E-state index in [1.807, 2.05) is 14.1 Å². The first-order valence-corrected chi connectivity index (χ1v) is 10.3. The lowest BCUT2D eigenvalue weighted by atomic mass is 10.1. The molecule has 0 amide bonds. The van der Waals surface area contributed by atoms with Crippen LogP contribution in [0.5, 0.6) is 0 Å². The fourth-order valence-electron chi connectivity index (χ4n) is 3.21. The molecule has 0 bridgehead atoms. The molecule has 1 aromatic carbocycles. The van der Waals surface area contributed by atoms with Gasteiger partial charge in [-0.2, -0.15) is 0 Å². The highest BCUT2D eigenvalue weighted by molar-refractivity contribution is 5.34. The second kappa shape index (κ2) is 11.4. The lowest BCUT2D eigenvalue weighted by Crippen LogP contribution is -2.39. The Kier molecular flexibility index (Phi) is 8.95. The number of nitro groups is 1. The van der Waals surface area contributed by atoms with E-state index in [9.17, 15) is 19.7 Å². The number of aryl methyl sites for hydroxylation is 1. The first kappa shape index (κ1) is 24.3. The maximum atomic E-state index is 12.1. The van der Waals surface area contributed by atoms with Crippen molar-refractivity contribution in [2.45, 2.75) is 12.8 Å². The van der Waals surface area contributed by atoms with Crippen molar-refractivity contribution in [3.05, 3.63) is 66.8 Å². The molecular weight excluding hydrogens is 400 g/mol. The average Bonchev–Trinajstić information content (AvgIpc) is 2.73. The van der Waals surface area contributed by atoms with Gasteiger partial charge >= 0.3 is 5.69 Å². The molecule has 10 nitrogen and oxygen atoms in total. The summed E-state index contributed by atoms with van der Waals surface area (Å²) < 4.78 is 2.51. The van der Waals surface area contributed by atoms with Crippen LogP contribution in [0, 0.1) is 10.1 Å². The Morgan fingerprint density at radius 3 is 2.29 bits per heavy atom. The number of likely N-dealkylation sites (N-methyl/N-ethyl adjacent to an activating group) is 1. The quantitative estimate of drug-likeness (QED) is 0.392. The van der Waals surface area contributed by atoms with E-state index < -0.39 is 4.92 Å². The summed E-state index contributed by atoms with van der Waals surface area (Å²) in [5.41, 5.74) is 0.486. The molecule has 1 aromatic heterocycles. The Hall–Kier alpha value is -2.98. The Morgan fingerprint density at radius 1 is 1.00 bits per heavy atom. The molecule has 170 valence electrons. The second-order valence-electron chi connectivity index (χ2n) is 7.87. The lowest BCUT2D eigenvalue weighted by molar-refractivity contribution is -0.384. The topological polar surface area (TPSA) is 106 Å². The van der Waals surface area contributed by atoms with Crippen LogP contribution in [0.3, 0.4) is 0 Å². The van der Waals surface area contributed by atoms with Gasteiger partial charge in [-0.25, -0.2) is 4.79 Å². The highest BCUT2D eigenvalue weighted by Gasteiger charge is 2.09. The van der Waals surface area contributed by atoms with Gasteiger partial charge in [-0.3, -0.25) is 24.0 Å². The Labute approximate surface area is 181 Å². The van der Waals surface area contributed by atoms with Crippen molar-refractivity contribution in [1.82, 2.24) is 18.9 Å². The summed E-state index contributed by atoms with van der Waals surface area (Å²) in [7, 11) is 7.16. The molecule has 0 atom stereocenters. The largest absolute Gasteiger partial charge is 0.370 e. The molecule has 0 aliphatic heterocycles. The van der Waals surface area contributed by atoms with Crippen LogP contribution in [-0.4, -0.2) is 70.7 Å². The van der Waals surface area contributed by atoms with Gasteiger partial charge in [0.05, 0.1) is 4.92 Å². The van der Waals surface area contributed by atoms with Crippen molar-refractivity contribution in [2.24, 2.45) is 14.1 Å². The van der Waals surface area contributed by atoms with Crippen molar-refractivity contribution < 1.29 is 4.92 Å². The zero-order valence-corrected chi connectivity index (χ0v) is 18.7. The number of rotatable bonds is 12. The first-order chi connectivity index (χ1) is 14.7. The number of anilines is 1. The van der Waals surface area contributed by atoms with Crippen LogP contribution in [0.15, 0.2) is 39.9 Å². The molecule has 10 heteroatoms. The van der Waals surface area contributed by atoms with E-state index in [2.05, 4.69) is 15.1 Å². The fraction of sp³-hybridized carbons (Fsp3) is 0.524. The molecule has 1 N–H and O–H groups in total. The summed E-state index contributed by atoms with van der Waals surface area (Å²) in [5, 5.41) is 14.0. The molecule has 0 radical (unpaired) electrons. The normalized spacial score (nSPS) is 11.3. The van der Waals surface area contributed by atoms with Gasteiger partial charge in [-0.1, -0.05) is 12.1 Å². The average molecular weight is 433 g/mol. The summed E-state index contributed by atoms with van der Waals surface area (Å²) in [5.74, 6) is 0.506. The minimum absolute atomic E-state index is 0.104. The Balaban J connectivity index is 1.90. The zero-order chi connectivity index (χ0) is 23.0. The summed E-state index contributed by atoms with van der Waals surface area (Å²) in [6.45, 7) is 4.05. The van der Waals surface area contributed by atoms with Crippen LogP contribution >= 0.6 is 0 Å². The maximum absolute atomic E-state index is 12.1. The first-order valence-electron chi connectivity index (χ1n) is 10.3. The maximum Gasteiger partial charge on any atom is 0.332 e. The number of hydrogen-bond donors (Lipinski definition) is 1. The predicted molar refractivity (Wildman–Crippen MR) is 122 cm³/mol. The van der Waals surface area contributed by atoms with Crippen LogP contribution in [0.1, 0.15) is 12.0 Å². The van der Waals surface area contributed by atoms with Crippen molar-refractivity contribution >= 4 is 11.5 Å². The van der Waals surface area contributed by atoms with Crippen LogP contribution in [-0.2, 0) is 20.5 Å². The third-order valence-electron chi connectivity index (χ3n) is 5.21. The van der Waals surface area contributed by atoms with Gasteiger partial charge in [0.25, 0.3) is 11.2 Å². The lowest BCUT2D eigenvalue weighted by Gasteiger charge is -2.24.